The Morgan fingerprint density at radius 3 is 2.44 bits per heavy atom. The number of benzene rings is 1. The van der Waals surface area contributed by atoms with Crippen molar-refractivity contribution in [1.82, 2.24) is 0 Å². The SMILES string of the molecule is CCCCc1cc2ccccc2[cH-]1.[F-].[F-].[Ti+3]. The van der Waals surface area contributed by atoms with Gasteiger partial charge in [-0.3, -0.25) is 0 Å². The van der Waals surface area contributed by atoms with E-state index in [0.29, 0.717) is 0 Å². The standard InChI is InChI=1S/C13H15.2FH.Ti/c1-2-3-6-11-9-12-7-4-5-8-13(12)10-11;;;/h4-5,7-10H,2-3,6H2,1H3;2*1H;/q-1;;;+3/p-2. The molecule has 0 unspecified atom stereocenters. The van der Waals surface area contributed by atoms with E-state index in [0.717, 1.165) is 0 Å². The third kappa shape index (κ3) is 4.11. The Labute approximate surface area is 110 Å². The Hall–Kier alpha value is -0.596. The third-order valence-electron chi connectivity index (χ3n) is 2.50. The minimum absolute atomic E-state index is 0. The Morgan fingerprint density at radius 1 is 1.12 bits per heavy atom. The van der Waals surface area contributed by atoms with Gasteiger partial charge < -0.3 is 9.41 Å². The summed E-state index contributed by atoms with van der Waals surface area (Å²) in [5.74, 6) is 0. The van der Waals surface area contributed by atoms with Gasteiger partial charge in [-0.1, -0.05) is 25.8 Å². The quantitative estimate of drug-likeness (QED) is 0.437. The summed E-state index contributed by atoms with van der Waals surface area (Å²) < 4.78 is 0. The molecule has 0 heterocycles. The van der Waals surface area contributed by atoms with Crippen molar-refractivity contribution in [2.45, 2.75) is 26.2 Å². The van der Waals surface area contributed by atoms with Crippen molar-refractivity contribution < 1.29 is 31.1 Å². The van der Waals surface area contributed by atoms with Crippen molar-refractivity contribution in [2.24, 2.45) is 0 Å². The van der Waals surface area contributed by atoms with E-state index in [9.17, 15) is 0 Å². The first-order chi connectivity index (χ1) is 6.40. The van der Waals surface area contributed by atoms with Crippen LogP contribution in [0.2, 0.25) is 0 Å². The Morgan fingerprint density at radius 2 is 1.81 bits per heavy atom. The molecular formula is C13H15F2Ti. The summed E-state index contributed by atoms with van der Waals surface area (Å²) in [4.78, 5) is 0. The molecule has 0 atom stereocenters. The number of rotatable bonds is 3. The van der Waals surface area contributed by atoms with E-state index >= 15 is 0 Å². The van der Waals surface area contributed by atoms with E-state index in [1.54, 1.807) is 0 Å². The average Bonchev–Trinajstić information content (AvgIpc) is 2.57. The second-order valence-electron chi connectivity index (χ2n) is 3.60. The van der Waals surface area contributed by atoms with Crippen molar-refractivity contribution in [1.29, 1.82) is 0 Å². The number of fused-ring (bicyclic) bond motifs is 1. The molecule has 2 aromatic rings. The molecule has 0 aliphatic carbocycles. The molecule has 16 heavy (non-hydrogen) atoms. The first kappa shape index (κ1) is 17.8. The van der Waals surface area contributed by atoms with Gasteiger partial charge in [0.2, 0.25) is 0 Å². The van der Waals surface area contributed by atoms with Gasteiger partial charge in [-0.2, -0.15) is 6.07 Å². The fourth-order valence-electron chi connectivity index (χ4n) is 1.74. The maximum absolute atomic E-state index is 2.31. The van der Waals surface area contributed by atoms with Crippen LogP contribution in [0.1, 0.15) is 25.3 Å². The number of hydrogen-bond donors (Lipinski definition) is 0. The summed E-state index contributed by atoms with van der Waals surface area (Å²) in [6, 6.07) is 13.2. The van der Waals surface area contributed by atoms with Gasteiger partial charge in [0.15, 0.2) is 0 Å². The van der Waals surface area contributed by atoms with Crippen LogP contribution in [-0.2, 0) is 28.1 Å². The van der Waals surface area contributed by atoms with Gasteiger partial charge in [0, 0.05) is 0 Å². The van der Waals surface area contributed by atoms with E-state index in [2.05, 4.69) is 43.3 Å². The van der Waals surface area contributed by atoms with Gasteiger partial charge in [0.25, 0.3) is 0 Å². The molecule has 0 saturated carbocycles. The predicted molar refractivity (Wildman–Crippen MR) is 58.2 cm³/mol. The maximum Gasteiger partial charge on any atom is 3.00 e. The van der Waals surface area contributed by atoms with E-state index in [1.807, 2.05) is 0 Å². The van der Waals surface area contributed by atoms with Crippen molar-refractivity contribution in [3.8, 4) is 0 Å². The number of hydrogen-bond acceptors (Lipinski definition) is 0. The normalized spacial score (nSPS) is 8.81. The molecule has 0 saturated heterocycles. The van der Waals surface area contributed by atoms with Gasteiger partial charge >= 0.3 is 21.7 Å². The maximum atomic E-state index is 2.31. The fraction of sp³-hybridized carbons (Fsp3) is 0.308. The molecule has 85 valence electrons. The molecule has 0 nitrogen and oxygen atoms in total. The van der Waals surface area contributed by atoms with Crippen LogP contribution in [0.4, 0.5) is 0 Å². The molecule has 0 N–H and O–H groups in total. The largest absolute Gasteiger partial charge is 3.00 e. The first-order valence-corrected chi connectivity index (χ1v) is 5.04. The molecule has 2 aromatic carbocycles. The summed E-state index contributed by atoms with van der Waals surface area (Å²) in [7, 11) is 0. The average molecular weight is 257 g/mol. The topological polar surface area (TPSA) is 0 Å². The molecule has 2 rings (SSSR count). The van der Waals surface area contributed by atoms with E-state index in [4.69, 9.17) is 0 Å². The van der Waals surface area contributed by atoms with E-state index in [-0.39, 0.29) is 31.1 Å². The third-order valence-corrected chi connectivity index (χ3v) is 2.50. The van der Waals surface area contributed by atoms with E-state index in [1.165, 1.54) is 35.6 Å². The second-order valence-corrected chi connectivity index (χ2v) is 3.60. The first-order valence-electron chi connectivity index (χ1n) is 5.04. The molecule has 0 fully saturated rings. The van der Waals surface area contributed by atoms with Crippen LogP contribution in [0, 0.1) is 0 Å². The summed E-state index contributed by atoms with van der Waals surface area (Å²) >= 11 is 0. The van der Waals surface area contributed by atoms with E-state index < -0.39 is 0 Å². The van der Waals surface area contributed by atoms with Crippen molar-refractivity contribution in [3.05, 3.63) is 42.0 Å². The van der Waals surface area contributed by atoms with Gasteiger partial charge in [-0.15, -0.1) is 40.6 Å². The van der Waals surface area contributed by atoms with Crippen molar-refractivity contribution in [2.75, 3.05) is 0 Å². The zero-order valence-corrected chi connectivity index (χ0v) is 10.9. The zero-order chi connectivity index (χ0) is 9.10. The Kier molecular flexibility index (Phi) is 9.50. The van der Waals surface area contributed by atoms with Crippen molar-refractivity contribution >= 4 is 10.8 Å². The van der Waals surface area contributed by atoms with Crippen LogP contribution in [0.25, 0.3) is 10.8 Å². The van der Waals surface area contributed by atoms with Crippen molar-refractivity contribution in [3.63, 3.8) is 0 Å². The molecule has 0 spiro atoms. The summed E-state index contributed by atoms with van der Waals surface area (Å²) in [6.07, 6.45) is 3.81. The van der Waals surface area contributed by atoms with Crippen LogP contribution in [0.3, 0.4) is 0 Å². The minimum atomic E-state index is 0. The Bertz CT molecular complexity index is 362. The molecule has 1 radical (unpaired) electrons. The summed E-state index contributed by atoms with van der Waals surface area (Å²) in [5, 5.41) is 2.77. The predicted octanol–water partition coefficient (Wildman–Crippen LogP) is -2.09. The smallest absolute Gasteiger partial charge is 1.00 e. The Balaban J connectivity index is 0. The van der Waals surface area contributed by atoms with Gasteiger partial charge in [-0.05, 0) is 6.42 Å². The molecular weight excluding hydrogens is 242 g/mol. The molecule has 0 aliphatic rings. The molecule has 0 amide bonds. The minimum Gasteiger partial charge on any atom is -1.00 e. The van der Waals surface area contributed by atoms with Crippen LogP contribution in [-0.4, -0.2) is 0 Å². The fourth-order valence-corrected chi connectivity index (χ4v) is 1.74. The summed E-state index contributed by atoms with van der Waals surface area (Å²) in [5.41, 5.74) is 1.49. The summed E-state index contributed by atoms with van der Waals surface area (Å²) in [6.45, 7) is 2.24. The molecule has 0 aliphatic heterocycles. The van der Waals surface area contributed by atoms with Crippen LogP contribution >= 0.6 is 0 Å². The molecule has 0 bridgehead atoms. The van der Waals surface area contributed by atoms with Crippen LogP contribution in [0.5, 0.6) is 0 Å². The van der Waals surface area contributed by atoms with Gasteiger partial charge in [0.05, 0.1) is 0 Å². The van der Waals surface area contributed by atoms with Crippen LogP contribution < -0.4 is 9.41 Å². The molecule has 0 aromatic heterocycles. The van der Waals surface area contributed by atoms with Gasteiger partial charge in [-0.25, -0.2) is 0 Å². The zero-order valence-electron chi connectivity index (χ0n) is 9.34. The molecule has 3 heteroatoms. The van der Waals surface area contributed by atoms with Gasteiger partial charge in [0.1, 0.15) is 0 Å². The number of halogens is 2. The van der Waals surface area contributed by atoms with Crippen LogP contribution in [0.15, 0.2) is 36.4 Å². The number of unbranched alkanes of at least 4 members (excludes halogenated alkanes) is 1. The second kappa shape index (κ2) is 8.54. The number of aryl methyl sites for hydroxylation is 1. The monoisotopic (exact) mass is 257 g/mol.